The molecule has 1 N–H and O–H groups in total. The van der Waals surface area contributed by atoms with E-state index in [4.69, 9.17) is 4.74 Å². The van der Waals surface area contributed by atoms with Gasteiger partial charge in [-0.1, -0.05) is 0 Å². The lowest BCUT2D eigenvalue weighted by Gasteiger charge is -2.42. The third kappa shape index (κ3) is 2.28. The van der Waals surface area contributed by atoms with Crippen LogP contribution in [0.4, 0.5) is 0 Å². The van der Waals surface area contributed by atoms with Crippen LogP contribution < -0.4 is 5.32 Å². The first-order valence-electron chi connectivity index (χ1n) is 6.07. The number of allylic oxidation sites excluding steroid dienone is 1. The summed E-state index contributed by atoms with van der Waals surface area (Å²) in [7, 11) is 0. The Kier molecular flexibility index (Phi) is 3.36. The number of hydrogen-bond acceptors (Lipinski definition) is 4. The Hall–Kier alpha value is -1.52. The van der Waals surface area contributed by atoms with Gasteiger partial charge in [0, 0.05) is 25.9 Å². The molecule has 0 radical (unpaired) electrons. The molecule has 3 heterocycles. The molecule has 0 saturated carbocycles. The van der Waals surface area contributed by atoms with E-state index in [2.05, 4.69) is 5.32 Å². The van der Waals surface area contributed by atoms with Crippen LogP contribution in [0.2, 0.25) is 0 Å². The van der Waals surface area contributed by atoms with Gasteiger partial charge in [0.1, 0.15) is 5.70 Å². The third-order valence-corrected chi connectivity index (χ3v) is 3.25. The van der Waals surface area contributed by atoms with E-state index < -0.39 is 0 Å². The van der Waals surface area contributed by atoms with Crippen molar-refractivity contribution in [2.24, 2.45) is 5.92 Å². The number of ether oxygens (including phenoxy) is 1. The van der Waals surface area contributed by atoms with Crippen molar-refractivity contribution in [3.63, 3.8) is 0 Å². The molecule has 0 aliphatic carbocycles. The molecule has 0 aromatic carbocycles. The van der Waals surface area contributed by atoms with Crippen molar-refractivity contribution >= 4 is 11.9 Å². The van der Waals surface area contributed by atoms with Crippen molar-refractivity contribution in [3.05, 3.63) is 11.4 Å². The Morgan fingerprint density at radius 2 is 2.06 bits per heavy atom. The van der Waals surface area contributed by atoms with Crippen molar-refractivity contribution in [2.75, 3.05) is 19.7 Å². The average molecular weight is 238 g/mol. The van der Waals surface area contributed by atoms with Crippen LogP contribution in [0, 0.1) is 5.92 Å². The minimum absolute atomic E-state index is 0.129. The first-order valence-corrected chi connectivity index (χ1v) is 6.07. The Labute approximate surface area is 101 Å². The van der Waals surface area contributed by atoms with Crippen LogP contribution in [0.15, 0.2) is 11.4 Å². The lowest BCUT2D eigenvalue weighted by molar-refractivity contribution is -0.141. The van der Waals surface area contributed by atoms with E-state index in [1.165, 1.54) is 6.92 Å². The van der Waals surface area contributed by atoms with Gasteiger partial charge in [-0.3, -0.25) is 4.79 Å². The molecule has 3 aliphatic rings. The van der Waals surface area contributed by atoms with E-state index in [0.29, 0.717) is 18.2 Å². The largest absolute Gasteiger partial charge is 0.461 e. The van der Waals surface area contributed by atoms with Gasteiger partial charge in [-0.2, -0.15) is 0 Å². The smallest absolute Gasteiger partial charge is 0.356 e. The molecule has 0 atom stereocenters. The highest BCUT2D eigenvalue weighted by Crippen LogP contribution is 2.34. The van der Waals surface area contributed by atoms with Crippen molar-refractivity contribution < 1.29 is 14.3 Å². The predicted molar refractivity (Wildman–Crippen MR) is 61.8 cm³/mol. The summed E-state index contributed by atoms with van der Waals surface area (Å²) in [5.41, 5.74) is 1.32. The summed E-state index contributed by atoms with van der Waals surface area (Å²) in [5, 5.41) is 2.80. The van der Waals surface area contributed by atoms with Gasteiger partial charge in [0.05, 0.1) is 12.3 Å². The van der Waals surface area contributed by atoms with Gasteiger partial charge < -0.3 is 15.0 Å². The quantitative estimate of drug-likeness (QED) is 0.732. The number of amides is 1. The lowest BCUT2D eigenvalue weighted by Crippen LogP contribution is -2.47. The second-order valence-electron chi connectivity index (χ2n) is 4.43. The van der Waals surface area contributed by atoms with Crippen LogP contribution in [-0.4, -0.2) is 36.5 Å². The van der Waals surface area contributed by atoms with Gasteiger partial charge in [-0.15, -0.1) is 0 Å². The van der Waals surface area contributed by atoms with Crippen LogP contribution in [0.3, 0.4) is 0 Å². The lowest BCUT2D eigenvalue weighted by atomic mass is 9.86. The molecule has 3 rings (SSSR count). The van der Waals surface area contributed by atoms with E-state index in [1.54, 1.807) is 6.92 Å². The van der Waals surface area contributed by atoms with E-state index in [9.17, 15) is 9.59 Å². The summed E-state index contributed by atoms with van der Waals surface area (Å²) in [6, 6.07) is 0. The maximum absolute atomic E-state index is 11.9. The fraction of sp³-hybridized carbons (Fsp3) is 0.667. The Bertz CT molecular complexity index is 368. The van der Waals surface area contributed by atoms with Crippen LogP contribution in [0.5, 0.6) is 0 Å². The fourth-order valence-corrected chi connectivity index (χ4v) is 2.54. The van der Waals surface area contributed by atoms with Gasteiger partial charge in [-0.25, -0.2) is 4.79 Å². The average Bonchev–Trinajstić information content (AvgIpc) is 2.29. The molecule has 1 fully saturated rings. The standard InChI is InChI=1S/C12H18N2O3/c1-3-17-12(16)11-10(13-8(2)15)9-4-6-14(11)7-5-9/h9H,3-7H2,1-2H3,(H,13,15). The zero-order valence-electron chi connectivity index (χ0n) is 10.3. The van der Waals surface area contributed by atoms with Gasteiger partial charge in [-0.05, 0) is 19.8 Å². The SMILES string of the molecule is CCOC(=O)C1=C(NC(C)=O)C2CCN1CC2. The molecule has 17 heavy (non-hydrogen) atoms. The molecule has 0 aromatic heterocycles. The van der Waals surface area contributed by atoms with E-state index in [1.807, 2.05) is 4.90 Å². The number of carbonyl (C=O) groups is 2. The summed E-state index contributed by atoms with van der Waals surface area (Å²) in [4.78, 5) is 25.1. The summed E-state index contributed by atoms with van der Waals surface area (Å²) < 4.78 is 5.06. The number of nitrogens with zero attached hydrogens (tertiary/aromatic N) is 1. The predicted octanol–water partition coefficient (Wildman–Crippen LogP) is 0.623. The summed E-state index contributed by atoms with van der Waals surface area (Å²) in [6.07, 6.45) is 2.00. The molecule has 1 amide bonds. The molecule has 1 saturated heterocycles. The minimum atomic E-state index is -0.319. The maximum Gasteiger partial charge on any atom is 0.356 e. The first kappa shape index (κ1) is 12.0. The van der Waals surface area contributed by atoms with Crippen molar-refractivity contribution in [1.82, 2.24) is 10.2 Å². The number of piperidine rings is 1. The molecule has 94 valence electrons. The molecule has 0 unspecified atom stereocenters. The van der Waals surface area contributed by atoms with E-state index >= 15 is 0 Å². The molecular formula is C12H18N2O3. The number of nitrogens with one attached hydrogen (secondary N) is 1. The van der Waals surface area contributed by atoms with Crippen molar-refractivity contribution in [1.29, 1.82) is 0 Å². The number of rotatable bonds is 3. The minimum Gasteiger partial charge on any atom is -0.461 e. The van der Waals surface area contributed by atoms with Gasteiger partial charge in [0.2, 0.25) is 5.91 Å². The zero-order chi connectivity index (χ0) is 12.4. The highest BCUT2D eigenvalue weighted by molar-refractivity contribution is 5.90. The highest BCUT2D eigenvalue weighted by atomic mass is 16.5. The molecule has 2 bridgehead atoms. The van der Waals surface area contributed by atoms with Crippen LogP contribution >= 0.6 is 0 Å². The number of esters is 1. The second kappa shape index (κ2) is 4.77. The molecule has 0 spiro atoms. The van der Waals surface area contributed by atoms with Crippen molar-refractivity contribution in [2.45, 2.75) is 26.7 Å². The molecule has 5 heteroatoms. The van der Waals surface area contributed by atoms with Crippen molar-refractivity contribution in [3.8, 4) is 0 Å². The van der Waals surface area contributed by atoms with E-state index in [-0.39, 0.29) is 11.9 Å². The fourth-order valence-electron chi connectivity index (χ4n) is 2.54. The molecule has 3 aliphatic heterocycles. The Morgan fingerprint density at radius 3 is 2.59 bits per heavy atom. The number of hydrogen-bond donors (Lipinski definition) is 1. The highest BCUT2D eigenvalue weighted by Gasteiger charge is 2.37. The number of carbonyl (C=O) groups excluding carboxylic acids is 2. The van der Waals surface area contributed by atoms with E-state index in [0.717, 1.165) is 31.6 Å². The van der Waals surface area contributed by atoms with Crippen LogP contribution in [0.1, 0.15) is 26.7 Å². The van der Waals surface area contributed by atoms with Crippen LogP contribution in [0.25, 0.3) is 0 Å². The van der Waals surface area contributed by atoms with Gasteiger partial charge >= 0.3 is 5.97 Å². The third-order valence-electron chi connectivity index (χ3n) is 3.25. The number of fused-ring (bicyclic) bond motifs is 2. The normalized spacial score (nSPS) is 19.5. The molecule has 0 aromatic rings. The molecular weight excluding hydrogens is 220 g/mol. The first-order chi connectivity index (χ1) is 8.13. The van der Waals surface area contributed by atoms with Gasteiger partial charge in [0.15, 0.2) is 0 Å². The maximum atomic E-state index is 11.9. The summed E-state index contributed by atoms with van der Waals surface area (Å²) in [6.45, 7) is 5.36. The zero-order valence-corrected chi connectivity index (χ0v) is 10.3. The second-order valence-corrected chi connectivity index (χ2v) is 4.43. The summed E-state index contributed by atoms with van der Waals surface area (Å²) in [5.74, 6) is -0.153. The Balaban J connectivity index is 2.31. The summed E-state index contributed by atoms with van der Waals surface area (Å²) >= 11 is 0. The van der Waals surface area contributed by atoms with Crippen LogP contribution in [-0.2, 0) is 14.3 Å². The monoisotopic (exact) mass is 238 g/mol. The Morgan fingerprint density at radius 1 is 1.41 bits per heavy atom. The topological polar surface area (TPSA) is 58.6 Å². The molecule has 5 nitrogen and oxygen atoms in total. The van der Waals surface area contributed by atoms with Gasteiger partial charge in [0.25, 0.3) is 0 Å².